The van der Waals surface area contributed by atoms with Crippen molar-refractivity contribution in [3.63, 3.8) is 0 Å². The van der Waals surface area contributed by atoms with Gasteiger partial charge in [0.05, 0.1) is 0 Å². The number of carbonyl (C=O) groups is 2. The van der Waals surface area contributed by atoms with Crippen LogP contribution in [0.1, 0.15) is 6.42 Å². The topological polar surface area (TPSA) is 71.3 Å². The highest BCUT2D eigenvalue weighted by atomic mass is 35.5. The highest BCUT2D eigenvalue weighted by molar-refractivity contribution is 7.99. The lowest BCUT2D eigenvalue weighted by Crippen LogP contribution is -2.55. The van der Waals surface area contributed by atoms with Crippen LogP contribution in [-0.2, 0) is 16.1 Å². The molecule has 0 radical (unpaired) electrons. The zero-order valence-electron chi connectivity index (χ0n) is 11.7. The van der Waals surface area contributed by atoms with E-state index in [1.54, 1.807) is 34.7 Å². The van der Waals surface area contributed by atoms with Crippen molar-refractivity contribution >= 4 is 46.1 Å². The van der Waals surface area contributed by atoms with E-state index in [4.69, 9.17) is 11.6 Å². The van der Waals surface area contributed by atoms with Crippen LogP contribution in [-0.4, -0.2) is 38.6 Å². The van der Waals surface area contributed by atoms with E-state index in [0.29, 0.717) is 17.2 Å². The molecule has 7 heteroatoms. The Labute approximate surface area is 136 Å². The van der Waals surface area contributed by atoms with Gasteiger partial charge in [-0.2, -0.15) is 11.8 Å². The minimum Gasteiger partial charge on any atom is -0.479 e. The van der Waals surface area contributed by atoms with Gasteiger partial charge in [-0.25, -0.2) is 4.79 Å². The number of hydrogen-bond donors (Lipinski definition) is 2. The normalized spacial score (nSPS) is 21.1. The Hall–Kier alpha value is -1.66. The number of aliphatic carboxylic acids is 1. The molecule has 1 aliphatic rings. The van der Waals surface area contributed by atoms with Gasteiger partial charge in [-0.15, -0.1) is 0 Å². The fraction of sp³-hybridized carbons (Fsp3) is 0.333. The van der Waals surface area contributed by atoms with Crippen LogP contribution < -0.4 is 5.32 Å². The molecule has 1 fully saturated rings. The molecule has 0 saturated carbocycles. The molecule has 22 heavy (non-hydrogen) atoms. The van der Waals surface area contributed by atoms with Crippen molar-refractivity contribution in [3.05, 3.63) is 35.5 Å². The maximum absolute atomic E-state index is 12.3. The van der Waals surface area contributed by atoms with E-state index >= 15 is 0 Å². The van der Waals surface area contributed by atoms with Gasteiger partial charge in [0, 0.05) is 22.5 Å². The van der Waals surface area contributed by atoms with E-state index in [-0.39, 0.29) is 12.5 Å². The molecular formula is C15H15ClN2O3S. The van der Waals surface area contributed by atoms with Crippen LogP contribution in [0.25, 0.3) is 10.9 Å². The molecule has 3 rings (SSSR count). The number of nitrogens with zero attached hydrogens (tertiary/aromatic N) is 1. The smallest absolute Gasteiger partial charge is 0.330 e. The zero-order valence-corrected chi connectivity index (χ0v) is 13.3. The number of carbonyl (C=O) groups excluding carboxylic acids is 1. The minimum absolute atomic E-state index is 0.0730. The van der Waals surface area contributed by atoms with Gasteiger partial charge < -0.3 is 15.0 Å². The van der Waals surface area contributed by atoms with E-state index in [0.717, 1.165) is 16.7 Å². The molecule has 2 aromatic rings. The highest BCUT2D eigenvalue weighted by Crippen LogP contribution is 2.28. The molecule has 1 aromatic heterocycles. The van der Waals surface area contributed by atoms with Crippen LogP contribution in [0.4, 0.5) is 0 Å². The second-order valence-electron chi connectivity index (χ2n) is 5.38. The van der Waals surface area contributed by atoms with Crippen LogP contribution in [0, 0.1) is 0 Å². The lowest BCUT2D eigenvalue weighted by molar-refractivity contribution is -0.146. The number of nitrogens with one attached hydrogen (secondary N) is 1. The van der Waals surface area contributed by atoms with Crippen LogP contribution in [0.3, 0.4) is 0 Å². The monoisotopic (exact) mass is 338 g/mol. The summed E-state index contributed by atoms with van der Waals surface area (Å²) >= 11 is 7.53. The number of aromatic nitrogens is 1. The third-order valence-electron chi connectivity index (χ3n) is 3.86. The fourth-order valence-electron chi connectivity index (χ4n) is 2.64. The number of halogens is 1. The predicted octanol–water partition coefficient (Wildman–Crippen LogP) is 2.37. The minimum atomic E-state index is -1.14. The van der Waals surface area contributed by atoms with Crippen molar-refractivity contribution < 1.29 is 14.7 Å². The second-order valence-corrected chi connectivity index (χ2v) is 6.93. The SMILES string of the molecule is O=C(Cn1ccc2ccc(Cl)cc21)NC1(C(=O)O)CCSC1. The van der Waals surface area contributed by atoms with Crippen LogP contribution in [0.15, 0.2) is 30.5 Å². The van der Waals surface area contributed by atoms with E-state index in [1.165, 1.54) is 0 Å². The number of carboxylic acid groups (broad SMARTS) is 1. The molecule has 0 aliphatic carbocycles. The summed E-state index contributed by atoms with van der Waals surface area (Å²) in [7, 11) is 0. The van der Waals surface area contributed by atoms with E-state index < -0.39 is 11.5 Å². The Morgan fingerprint density at radius 2 is 2.23 bits per heavy atom. The van der Waals surface area contributed by atoms with Gasteiger partial charge in [0.2, 0.25) is 5.91 Å². The van der Waals surface area contributed by atoms with Gasteiger partial charge in [0.25, 0.3) is 0 Å². The molecule has 116 valence electrons. The van der Waals surface area contributed by atoms with E-state index in [1.807, 2.05) is 12.1 Å². The molecule has 1 aliphatic heterocycles. The van der Waals surface area contributed by atoms with E-state index in [9.17, 15) is 14.7 Å². The molecule has 1 aromatic carbocycles. The molecule has 0 bridgehead atoms. The van der Waals surface area contributed by atoms with Crippen molar-refractivity contribution in [1.29, 1.82) is 0 Å². The number of carboxylic acids is 1. The second kappa shape index (κ2) is 5.85. The van der Waals surface area contributed by atoms with Crippen LogP contribution in [0.2, 0.25) is 5.02 Å². The molecular weight excluding hydrogens is 324 g/mol. The standard InChI is InChI=1S/C15H15ClN2O3S/c16-11-2-1-10-3-5-18(12(10)7-11)8-13(19)17-15(14(20)21)4-6-22-9-15/h1-3,5,7H,4,6,8-9H2,(H,17,19)(H,20,21). The van der Waals surface area contributed by atoms with Crippen molar-refractivity contribution in [2.45, 2.75) is 18.5 Å². The predicted molar refractivity (Wildman–Crippen MR) is 87.4 cm³/mol. The number of amides is 1. The lowest BCUT2D eigenvalue weighted by atomic mass is 9.99. The summed E-state index contributed by atoms with van der Waals surface area (Å²) in [5.41, 5.74) is -0.282. The average molecular weight is 339 g/mol. The molecule has 0 spiro atoms. The summed E-state index contributed by atoms with van der Waals surface area (Å²) in [4.78, 5) is 23.7. The van der Waals surface area contributed by atoms with Gasteiger partial charge >= 0.3 is 5.97 Å². The van der Waals surface area contributed by atoms with Gasteiger partial charge in [-0.1, -0.05) is 17.7 Å². The lowest BCUT2D eigenvalue weighted by Gasteiger charge is -2.24. The number of benzene rings is 1. The number of thioether (sulfide) groups is 1. The summed E-state index contributed by atoms with van der Waals surface area (Å²) < 4.78 is 1.77. The number of rotatable bonds is 4. The summed E-state index contributed by atoms with van der Waals surface area (Å²) in [6.07, 6.45) is 2.26. The zero-order chi connectivity index (χ0) is 15.7. The van der Waals surface area contributed by atoms with Crippen molar-refractivity contribution in [1.82, 2.24) is 9.88 Å². The summed E-state index contributed by atoms with van der Waals surface area (Å²) in [5, 5.41) is 13.7. The van der Waals surface area contributed by atoms with Crippen molar-refractivity contribution in [2.75, 3.05) is 11.5 Å². The summed E-state index contributed by atoms with van der Waals surface area (Å²) in [6.45, 7) is 0.0730. The Kier molecular flexibility index (Phi) is 4.06. The molecule has 5 nitrogen and oxygen atoms in total. The molecule has 1 atom stereocenters. The average Bonchev–Trinajstić information content (AvgIpc) is 3.07. The van der Waals surface area contributed by atoms with Gasteiger partial charge in [0.1, 0.15) is 12.1 Å². The van der Waals surface area contributed by atoms with Crippen molar-refractivity contribution in [3.8, 4) is 0 Å². The Balaban J connectivity index is 1.78. The van der Waals surface area contributed by atoms with Gasteiger partial charge in [-0.05, 0) is 35.8 Å². The third kappa shape index (κ3) is 2.80. The Morgan fingerprint density at radius 3 is 2.91 bits per heavy atom. The third-order valence-corrected chi connectivity index (χ3v) is 5.28. The maximum atomic E-state index is 12.3. The summed E-state index contributed by atoms with van der Waals surface area (Å²) in [6, 6.07) is 7.38. The molecule has 1 unspecified atom stereocenters. The molecule has 1 amide bonds. The fourth-order valence-corrected chi connectivity index (χ4v) is 4.13. The first-order valence-corrected chi connectivity index (χ1v) is 8.40. The van der Waals surface area contributed by atoms with E-state index in [2.05, 4.69) is 5.32 Å². The van der Waals surface area contributed by atoms with Crippen LogP contribution in [0.5, 0.6) is 0 Å². The Bertz CT molecular complexity index is 737. The highest BCUT2D eigenvalue weighted by Gasteiger charge is 2.43. The van der Waals surface area contributed by atoms with Crippen LogP contribution >= 0.6 is 23.4 Å². The number of hydrogen-bond acceptors (Lipinski definition) is 3. The molecule has 1 saturated heterocycles. The maximum Gasteiger partial charge on any atom is 0.330 e. The van der Waals surface area contributed by atoms with Gasteiger partial charge in [0.15, 0.2) is 0 Å². The quantitative estimate of drug-likeness (QED) is 0.897. The first-order valence-electron chi connectivity index (χ1n) is 6.87. The first kappa shape index (κ1) is 15.2. The first-order chi connectivity index (χ1) is 10.5. The molecule has 2 heterocycles. The van der Waals surface area contributed by atoms with Crippen molar-refractivity contribution in [2.24, 2.45) is 0 Å². The Morgan fingerprint density at radius 1 is 1.41 bits per heavy atom. The summed E-state index contributed by atoms with van der Waals surface area (Å²) in [5.74, 6) is -0.116. The van der Waals surface area contributed by atoms with Gasteiger partial charge in [-0.3, -0.25) is 4.79 Å². The largest absolute Gasteiger partial charge is 0.479 e. The number of fused-ring (bicyclic) bond motifs is 1. The molecule has 2 N–H and O–H groups in total.